The molecule has 1 aromatic rings. The Hall–Kier alpha value is -2.87. The molecule has 8 nitrogen and oxygen atoms in total. The van der Waals surface area contributed by atoms with Crippen molar-refractivity contribution in [1.82, 2.24) is 20.0 Å². The number of carbonyl (C=O) groups excluding carboxylic acids is 3. The molecule has 1 fully saturated rings. The lowest BCUT2D eigenvalue weighted by Gasteiger charge is -2.42. The fourth-order valence-corrected chi connectivity index (χ4v) is 4.63. The molecule has 2 aliphatic heterocycles. The number of urea groups is 1. The Labute approximate surface area is 202 Å². The summed E-state index contributed by atoms with van der Waals surface area (Å²) in [6, 6.07) is 7.03. The van der Waals surface area contributed by atoms with Gasteiger partial charge in [-0.15, -0.1) is 0 Å². The third-order valence-corrected chi connectivity index (χ3v) is 6.47. The SMILES string of the molecule is CCOC(=O)C1=C(CN2CCN(C(=O)CC(C)C)[C@H](C)C2)N(C)C(=O)N[C@@H]1c1ccc(C)cc1. The number of rotatable bonds is 7. The topological polar surface area (TPSA) is 82.2 Å². The Kier molecular flexibility index (Phi) is 8.36. The quantitative estimate of drug-likeness (QED) is 0.620. The minimum absolute atomic E-state index is 0.0577. The van der Waals surface area contributed by atoms with E-state index >= 15 is 0 Å². The summed E-state index contributed by atoms with van der Waals surface area (Å²) in [6.45, 7) is 12.6. The number of amides is 3. The highest BCUT2D eigenvalue weighted by Gasteiger charge is 2.38. The molecular weight excluding hydrogens is 432 g/mol. The molecule has 0 aromatic heterocycles. The number of hydrogen-bond acceptors (Lipinski definition) is 5. The summed E-state index contributed by atoms with van der Waals surface area (Å²) in [5.41, 5.74) is 3.04. The average molecular weight is 471 g/mol. The molecule has 0 spiro atoms. The lowest BCUT2D eigenvalue weighted by molar-refractivity contribution is -0.139. The van der Waals surface area contributed by atoms with E-state index in [1.807, 2.05) is 36.1 Å². The van der Waals surface area contributed by atoms with Crippen molar-refractivity contribution in [2.24, 2.45) is 5.92 Å². The molecule has 2 aliphatic rings. The number of hydrogen-bond donors (Lipinski definition) is 1. The summed E-state index contributed by atoms with van der Waals surface area (Å²) >= 11 is 0. The number of nitrogens with one attached hydrogen (secondary N) is 1. The van der Waals surface area contributed by atoms with Gasteiger partial charge in [0.1, 0.15) is 0 Å². The maximum Gasteiger partial charge on any atom is 0.338 e. The summed E-state index contributed by atoms with van der Waals surface area (Å²) in [5.74, 6) is 0.0824. The van der Waals surface area contributed by atoms with Crippen molar-refractivity contribution < 1.29 is 19.1 Å². The van der Waals surface area contributed by atoms with Gasteiger partial charge < -0.3 is 15.0 Å². The predicted octanol–water partition coefficient (Wildman–Crippen LogP) is 3.09. The number of ether oxygens (including phenoxy) is 1. The van der Waals surface area contributed by atoms with E-state index in [1.165, 1.54) is 4.90 Å². The smallest absolute Gasteiger partial charge is 0.338 e. The van der Waals surface area contributed by atoms with E-state index in [9.17, 15) is 14.4 Å². The zero-order chi connectivity index (χ0) is 25.0. The molecule has 0 bridgehead atoms. The molecule has 0 aliphatic carbocycles. The Morgan fingerprint density at radius 2 is 1.85 bits per heavy atom. The van der Waals surface area contributed by atoms with Crippen LogP contribution in [0.1, 0.15) is 51.3 Å². The van der Waals surface area contributed by atoms with Crippen LogP contribution >= 0.6 is 0 Å². The molecule has 3 rings (SSSR count). The van der Waals surface area contributed by atoms with E-state index in [4.69, 9.17) is 4.74 Å². The normalized spacial score (nSPS) is 21.7. The Morgan fingerprint density at radius 1 is 1.18 bits per heavy atom. The molecule has 34 heavy (non-hydrogen) atoms. The highest BCUT2D eigenvalue weighted by molar-refractivity contribution is 5.95. The summed E-state index contributed by atoms with van der Waals surface area (Å²) in [6.07, 6.45) is 0.545. The van der Waals surface area contributed by atoms with Gasteiger partial charge in [-0.2, -0.15) is 0 Å². The fourth-order valence-electron chi connectivity index (χ4n) is 4.63. The Morgan fingerprint density at radius 3 is 2.44 bits per heavy atom. The molecule has 8 heteroatoms. The Bertz CT molecular complexity index is 941. The molecule has 1 N–H and O–H groups in total. The second kappa shape index (κ2) is 11.0. The van der Waals surface area contributed by atoms with Crippen LogP contribution in [-0.2, 0) is 14.3 Å². The molecule has 0 radical (unpaired) electrons. The van der Waals surface area contributed by atoms with E-state index < -0.39 is 12.0 Å². The van der Waals surface area contributed by atoms with Gasteiger partial charge in [0, 0.05) is 51.4 Å². The van der Waals surface area contributed by atoms with Crippen molar-refractivity contribution in [3.8, 4) is 0 Å². The van der Waals surface area contributed by atoms with Crippen LogP contribution in [-0.4, -0.2) is 78.5 Å². The van der Waals surface area contributed by atoms with Gasteiger partial charge in [-0.05, 0) is 32.3 Å². The molecule has 3 amide bonds. The van der Waals surface area contributed by atoms with Crippen LogP contribution in [0.4, 0.5) is 4.79 Å². The number of aryl methyl sites for hydroxylation is 1. The molecule has 186 valence electrons. The molecule has 1 aromatic carbocycles. The molecule has 2 heterocycles. The zero-order valence-corrected chi connectivity index (χ0v) is 21.3. The summed E-state index contributed by atoms with van der Waals surface area (Å²) < 4.78 is 5.42. The summed E-state index contributed by atoms with van der Waals surface area (Å²) in [7, 11) is 1.68. The van der Waals surface area contributed by atoms with Crippen molar-refractivity contribution in [1.29, 1.82) is 0 Å². The van der Waals surface area contributed by atoms with Gasteiger partial charge in [0.2, 0.25) is 5.91 Å². The number of likely N-dealkylation sites (N-methyl/N-ethyl adjacent to an activating group) is 1. The van der Waals surface area contributed by atoms with Crippen molar-refractivity contribution in [2.75, 3.05) is 39.8 Å². The fraction of sp³-hybridized carbons (Fsp3) is 0.577. The van der Waals surface area contributed by atoms with Crippen LogP contribution in [0, 0.1) is 12.8 Å². The van der Waals surface area contributed by atoms with Gasteiger partial charge in [-0.25, -0.2) is 9.59 Å². The third-order valence-electron chi connectivity index (χ3n) is 6.47. The largest absolute Gasteiger partial charge is 0.463 e. The maximum atomic E-state index is 13.1. The molecular formula is C26H38N4O4. The lowest BCUT2D eigenvalue weighted by atomic mass is 9.93. The number of carbonyl (C=O) groups is 3. The van der Waals surface area contributed by atoms with Gasteiger partial charge in [0.15, 0.2) is 0 Å². The van der Waals surface area contributed by atoms with Crippen molar-refractivity contribution in [3.05, 3.63) is 46.7 Å². The minimum atomic E-state index is -0.579. The van der Waals surface area contributed by atoms with Gasteiger partial charge in [-0.3, -0.25) is 14.6 Å². The van der Waals surface area contributed by atoms with Crippen molar-refractivity contribution in [3.63, 3.8) is 0 Å². The highest BCUT2D eigenvalue weighted by Crippen LogP contribution is 2.32. The monoisotopic (exact) mass is 470 g/mol. The number of benzene rings is 1. The third kappa shape index (κ3) is 5.78. The first-order valence-corrected chi connectivity index (χ1v) is 12.1. The van der Waals surface area contributed by atoms with E-state index in [0.717, 1.165) is 11.1 Å². The molecule has 0 saturated carbocycles. The van der Waals surface area contributed by atoms with Gasteiger partial charge >= 0.3 is 12.0 Å². The molecule has 0 unspecified atom stereocenters. The first-order chi connectivity index (χ1) is 16.1. The van der Waals surface area contributed by atoms with Gasteiger partial charge in [-0.1, -0.05) is 43.7 Å². The zero-order valence-electron chi connectivity index (χ0n) is 21.3. The predicted molar refractivity (Wildman–Crippen MR) is 131 cm³/mol. The number of nitrogens with zero attached hydrogens (tertiary/aromatic N) is 3. The molecule has 1 saturated heterocycles. The Balaban J connectivity index is 1.89. The van der Waals surface area contributed by atoms with Gasteiger partial charge in [0.05, 0.1) is 18.2 Å². The minimum Gasteiger partial charge on any atom is -0.463 e. The first kappa shape index (κ1) is 25.7. The highest BCUT2D eigenvalue weighted by atomic mass is 16.5. The summed E-state index contributed by atoms with van der Waals surface area (Å²) in [4.78, 5) is 44.3. The molecule has 2 atom stereocenters. The maximum absolute atomic E-state index is 13.1. The average Bonchev–Trinajstić information content (AvgIpc) is 2.77. The van der Waals surface area contributed by atoms with E-state index in [0.29, 0.717) is 49.8 Å². The van der Waals surface area contributed by atoms with E-state index in [-0.39, 0.29) is 24.6 Å². The summed E-state index contributed by atoms with van der Waals surface area (Å²) in [5, 5.41) is 2.96. The van der Waals surface area contributed by atoms with Crippen LogP contribution in [0.3, 0.4) is 0 Å². The standard InChI is InChI=1S/C26H38N4O4/c1-7-34-25(32)23-21(16-29-12-13-30(19(5)15-29)22(31)14-17(2)3)28(6)26(33)27-24(23)20-10-8-18(4)9-11-20/h8-11,17,19,24H,7,12-16H2,1-6H3,(H,27,33)/t19-,24-/m1/s1. The second-order valence-electron chi connectivity index (χ2n) is 9.70. The van der Waals surface area contributed by atoms with E-state index in [1.54, 1.807) is 14.0 Å². The van der Waals surface area contributed by atoms with Crippen LogP contribution < -0.4 is 5.32 Å². The van der Waals surface area contributed by atoms with Gasteiger partial charge in [0.25, 0.3) is 0 Å². The second-order valence-corrected chi connectivity index (χ2v) is 9.70. The number of esters is 1. The van der Waals surface area contributed by atoms with Crippen LogP contribution in [0.15, 0.2) is 35.5 Å². The van der Waals surface area contributed by atoms with Crippen molar-refractivity contribution in [2.45, 2.75) is 53.1 Å². The van der Waals surface area contributed by atoms with Crippen LogP contribution in [0.2, 0.25) is 0 Å². The van der Waals surface area contributed by atoms with Crippen LogP contribution in [0.5, 0.6) is 0 Å². The lowest BCUT2D eigenvalue weighted by Crippen LogP contribution is -2.56. The van der Waals surface area contributed by atoms with Crippen LogP contribution in [0.25, 0.3) is 0 Å². The van der Waals surface area contributed by atoms with Crippen molar-refractivity contribution >= 4 is 17.9 Å². The number of piperazine rings is 1. The first-order valence-electron chi connectivity index (χ1n) is 12.1. The van der Waals surface area contributed by atoms with E-state index in [2.05, 4.69) is 31.0 Å².